The van der Waals surface area contributed by atoms with Crippen LogP contribution in [0.4, 0.5) is 22.7 Å². The van der Waals surface area contributed by atoms with Crippen LogP contribution >= 0.6 is 11.8 Å². The highest BCUT2D eigenvalue weighted by Crippen LogP contribution is 2.48. The normalized spacial score (nSPS) is 16.0. The van der Waals surface area contributed by atoms with E-state index in [2.05, 4.69) is 234 Å². The quantitative estimate of drug-likeness (QED) is 0.129. The van der Waals surface area contributed by atoms with Crippen LogP contribution in [0.2, 0.25) is 0 Å². The number of anilines is 4. The molecule has 0 N–H and O–H groups in total. The Kier molecular flexibility index (Phi) is 11.2. The molecule has 296 valence electrons. The predicted octanol–water partition coefficient (Wildman–Crippen LogP) is 16.6. The first-order chi connectivity index (χ1) is 30.2. The lowest BCUT2D eigenvalue weighted by Crippen LogP contribution is -2.23. The average Bonchev–Trinajstić information content (AvgIpc) is 3.85. The molecule has 2 nitrogen and oxygen atoms in total. The van der Waals surface area contributed by atoms with Gasteiger partial charge in [-0.15, -0.1) is 11.8 Å². The Morgan fingerprint density at radius 1 is 0.393 bits per heavy atom. The Hall–Kier alpha value is -6.81. The molecule has 0 spiro atoms. The molecule has 3 aliphatic rings. The number of rotatable bonds is 11. The van der Waals surface area contributed by atoms with Crippen molar-refractivity contribution in [3.05, 3.63) is 252 Å². The zero-order chi connectivity index (χ0) is 40.8. The van der Waals surface area contributed by atoms with Crippen molar-refractivity contribution in [2.75, 3.05) is 9.80 Å². The lowest BCUT2D eigenvalue weighted by molar-refractivity contribution is 0.826. The van der Waals surface area contributed by atoms with Crippen molar-refractivity contribution in [2.24, 2.45) is 0 Å². The Bertz CT molecular complexity index is 2660. The predicted molar refractivity (Wildman–Crippen MR) is 261 cm³/mol. The van der Waals surface area contributed by atoms with Crippen molar-refractivity contribution >= 4 is 34.5 Å². The summed E-state index contributed by atoms with van der Waals surface area (Å²) in [6, 6.07) is 68.1. The maximum atomic E-state index is 2.51. The van der Waals surface area contributed by atoms with Crippen molar-refractivity contribution < 1.29 is 0 Å². The summed E-state index contributed by atoms with van der Waals surface area (Å²) in [4.78, 5) is 6.31. The van der Waals surface area contributed by atoms with E-state index in [0.29, 0.717) is 5.25 Å². The second kappa shape index (κ2) is 17.8. The summed E-state index contributed by atoms with van der Waals surface area (Å²) in [7, 11) is 0. The van der Waals surface area contributed by atoms with Crippen LogP contribution in [-0.2, 0) is 0 Å². The molecule has 0 saturated heterocycles. The molecule has 1 aliphatic heterocycles. The van der Waals surface area contributed by atoms with Crippen molar-refractivity contribution in [1.82, 2.24) is 0 Å². The summed E-state index contributed by atoms with van der Waals surface area (Å²) >= 11 is 2.03. The van der Waals surface area contributed by atoms with Gasteiger partial charge in [0.15, 0.2) is 0 Å². The maximum Gasteiger partial charge on any atom is 0.0462 e. The number of hydrogen-bond donors (Lipinski definition) is 0. The molecule has 0 bridgehead atoms. The fourth-order valence-corrected chi connectivity index (χ4v) is 10.1. The zero-order valence-electron chi connectivity index (χ0n) is 34.3. The minimum Gasteiger partial charge on any atom is -0.318 e. The van der Waals surface area contributed by atoms with E-state index in [0.717, 1.165) is 49.2 Å². The van der Waals surface area contributed by atoms with Crippen molar-refractivity contribution in [3.8, 4) is 33.4 Å². The minimum absolute atomic E-state index is 0.516. The highest BCUT2D eigenvalue weighted by atomic mass is 32.2. The largest absolute Gasteiger partial charge is 0.318 e. The lowest BCUT2D eigenvalue weighted by atomic mass is 9.98. The number of allylic oxidation sites excluding steroid dienone is 9. The van der Waals surface area contributed by atoms with Gasteiger partial charge >= 0.3 is 0 Å². The topological polar surface area (TPSA) is 6.48 Å². The molecule has 0 saturated carbocycles. The third-order valence-corrected chi connectivity index (χ3v) is 13.4. The third kappa shape index (κ3) is 8.48. The van der Waals surface area contributed by atoms with E-state index in [9.17, 15) is 0 Å². The Balaban J connectivity index is 0.908. The van der Waals surface area contributed by atoms with Crippen LogP contribution < -0.4 is 9.80 Å². The third-order valence-electron chi connectivity index (χ3n) is 12.0. The van der Waals surface area contributed by atoms with Gasteiger partial charge in [-0.25, -0.2) is 0 Å². The molecule has 1 heterocycles. The van der Waals surface area contributed by atoms with Crippen LogP contribution in [0.15, 0.2) is 246 Å². The molecule has 0 aromatic heterocycles. The lowest BCUT2D eigenvalue weighted by Gasteiger charge is -2.32. The first kappa shape index (κ1) is 38.4. The Morgan fingerprint density at radius 3 is 1.28 bits per heavy atom. The molecule has 61 heavy (non-hydrogen) atoms. The van der Waals surface area contributed by atoms with Crippen molar-refractivity contribution in [1.29, 1.82) is 0 Å². The van der Waals surface area contributed by atoms with Crippen LogP contribution in [0.5, 0.6) is 0 Å². The van der Waals surface area contributed by atoms with E-state index in [1.54, 1.807) is 0 Å². The maximum absolute atomic E-state index is 2.51. The van der Waals surface area contributed by atoms with Crippen molar-refractivity contribution in [2.45, 2.75) is 37.4 Å². The fraction of sp³-hybridized carbons (Fsp3) is 0.103. The second-order valence-corrected chi connectivity index (χ2v) is 17.1. The highest BCUT2D eigenvalue weighted by molar-refractivity contribution is 8.03. The average molecular weight is 805 g/mol. The molecule has 7 aromatic carbocycles. The molecular formula is C58H48N2S. The second-order valence-electron chi connectivity index (χ2n) is 15.9. The van der Waals surface area contributed by atoms with Crippen LogP contribution in [0.25, 0.3) is 33.4 Å². The molecule has 3 heteroatoms. The summed E-state index contributed by atoms with van der Waals surface area (Å²) in [6.07, 6.45) is 19.3. The van der Waals surface area contributed by atoms with E-state index in [1.165, 1.54) is 66.5 Å². The van der Waals surface area contributed by atoms with Gasteiger partial charge < -0.3 is 9.80 Å². The van der Waals surface area contributed by atoms with Gasteiger partial charge in [0, 0.05) is 44.3 Å². The summed E-state index contributed by atoms with van der Waals surface area (Å²) in [5.41, 5.74) is 17.4. The molecule has 0 radical (unpaired) electrons. The van der Waals surface area contributed by atoms with Crippen LogP contribution in [0.3, 0.4) is 0 Å². The smallest absolute Gasteiger partial charge is 0.0462 e. The van der Waals surface area contributed by atoms with Gasteiger partial charge in [0.2, 0.25) is 0 Å². The number of hydrogen-bond acceptors (Lipinski definition) is 3. The van der Waals surface area contributed by atoms with Gasteiger partial charge in [0.05, 0.1) is 0 Å². The van der Waals surface area contributed by atoms with E-state index in [1.807, 2.05) is 11.8 Å². The fourth-order valence-electron chi connectivity index (χ4n) is 8.77. The van der Waals surface area contributed by atoms with E-state index in [-0.39, 0.29) is 0 Å². The van der Waals surface area contributed by atoms with Gasteiger partial charge in [-0.3, -0.25) is 0 Å². The molecule has 0 fully saturated rings. The first-order valence-corrected chi connectivity index (χ1v) is 22.4. The first-order valence-electron chi connectivity index (χ1n) is 21.5. The van der Waals surface area contributed by atoms with Crippen LogP contribution in [-0.4, -0.2) is 0 Å². The molecule has 10 rings (SSSR count). The Labute approximate surface area is 365 Å². The molecular weight excluding hydrogens is 757 g/mol. The van der Waals surface area contributed by atoms with Gasteiger partial charge in [-0.2, -0.15) is 0 Å². The van der Waals surface area contributed by atoms with Gasteiger partial charge in [-0.05, 0) is 137 Å². The summed E-state index contributed by atoms with van der Waals surface area (Å²) in [5.74, 6) is 0. The summed E-state index contributed by atoms with van der Waals surface area (Å²) < 4.78 is 0. The number of nitrogens with zero attached hydrogens (tertiary/aromatic N) is 2. The van der Waals surface area contributed by atoms with Crippen LogP contribution in [0.1, 0.15) is 42.9 Å². The Morgan fingerprint density at radius 2 is 0.836 bits per heavy atom. The van der Waals surface area contributed by atoms with Gasteiger partial charge in [0.25, 0.3) is 0 Å². The van der Waals surface area contributed by atoms with E-state index < -0.39 is 0 Å². The summed E-state index contributed by atoms with van der Waals surface area (Å²) in [6.45, 7) is 0. The molecule has 7 aromatic rings. The monoisotopic (exact) mass is 804 g/mol. The molecule has 2 aliphatic carbocycles. The van der Waals surface area contributed by atoms with E-state index in [4.69, 9.17) is 0 Å². The molecule has 1 atom stereocenters. The van der Waals surface area contributed by atoms with Gasteiger partial charge in [-0.1, -0.05) is 164 Å². The number of thioether (sulfide) groups is 1. The molecule has 1 unspecified atom stereocenters. The molecule has 0 amide bonds. The summed E-state index contributed by atoms with van der Waals surface area (Å²) in [5, 5.41) is 0.516. The van der Waals surface area contributed by atoms with E-state index >= 15 is 0 Å². The zero-order valence-corrected chi connectivity index (χ0v) is 35.1. The number of benzene rings is 7. The minimum atomic E-state index is 0.516. The van der Waals surface area contributed by atoms with Crippen LogP contribution in [0, 0.1) is 0 Å². The standard InChI is InChI=1S/C58H48N2S/c1-5-13-43(14-6-1)45-21-31-53(32-22-45)60(54-33-23-46(24-34-54)44-15-7-2-8-16-44)55-37-27-48(28-38-55)47-25-35-52(36-26-47)59(51-19-11-4-12-20-51)56-39-29-50(30-40-56)58-42-41-57(61-58)49-17-9-3-10-18-49/h1-11,13-19,21-29,31-39,42,57H,12,20,30,40-41H2. The SMILES string of the molecule is C1=CCCC(N(C2=CC=C(C3=CCC(c4ccccc4)S3)CC2)c2ccc(-c3ccc(N(c4ccc(-c5ccccc5)cc4)c4ccc(-c5ccccc5)cc4)cc3)cc2)=C1. The highest BCUT2D eigenvalue weighted by Gasteiger charge is 2.25. The van der Waals surface area contributed by atoms with Gasteiger partial charge in [0.1, 0.15) is 0 Å². The van der Waals surface area contributed by atoms with Crippen molar-refractivity contribution in [3.63, 3.8) is 0 Å².